The molecule has 0 spiro atoms. The standard InChI is InChI=1S/C28H23NO7/c1-34-17-10-11-18-16(12-25(30)36-24(18)13-17)14-28(29,26(31)32)27(33)35-15-23-21-8-4-2-6-19(21)20-7-3-5-9-22(20)23/h2-13,23H,14-15,29H2,1H3,(H,31,32). The highest BCUT2D eigenvalue weighted by Gasteiger charge is 2.45. The molecule has 0 bridgehead atoms. The van der Waals surface area contributed by atoms with Crippen molar-refractivity contribution in [1.82, 2.24) is 0 Å². The van der Waals surface area contributed by atoms with Gasteiger partial charge in [-0.1, -0.05) is 48.5 Å². The van der Waals surface area contributed by atoms with Gasteiger partial charge < -0.3 is 24.7 Å². The number of hydrogen-bond donors (Lipinski definition) is 2. The maximum atomic E-state index is 13.2. The molecule has 1 atom stereocenters. The van der Waals surface area contributed by atoms with E-state index in [9.17, 15) is 19.5 Å². The smallest absolute Gasteiger partial charge is 0.338 e. The second-order valence-electron chi connectivity index (χ2n) is 8.73. The van der Waals surface area contributed by atoms with Gasteiger partial charge in [-0.25, -0.2) is 14.4 Å². The molecule has 1 unspecified atom stereocenters. The lowest BCUT2D eigenvalue weighted by Gasteiger charge is -2.24. The van der Waals surface area contributed by atoms with Crippen LogP contribution < -0.4 is 16.1 Å². The fourth-order valence-corrected chi connectivity index (χ4v) is 4.75. The number of nitrogens with two attached hydrogens (primary N) is 1. The van der Waals surface area contributed by atoms with Crippen LogP contribution in [0.4, 0.5) is 0 Å². The lowest BCUT2D eigenvalue weighted by Crippen LogP contribution is -2.57. The van der Waals surface area contributed by atoms with Crippen LogP contribution in [0.5, 0.6) is 5.75 Å². The highest BCUT2D eigenvalue weighted by molar-refractivity contribution is 6.04. The van der Waals surface area contributed by atoms with Gasteiger partial charge in [-0.15, -0.1) is 0 Å². The Morgan fingerprint density at radius 1 is 1.00 bits per heavy atom. The molecule has 36 heavy (non-hydrogen) atoms. The summed E-state index contributed by atoms with van der Waals surface area (Å²) in [4.78, 5) is 37.5. The zero-order valence-corrected chi connectivity index (χ0v) is 19.4. The lowest BCUT2D eigenvalue weighted by molar-refractivity contribution is -0.161. The SMILES string of the molecule is COc1ccc2c(CC(N)(C(=O)O)C(=O)OCC3c4ccccc4-c4ccccc43)cc(=O)oc2c1. The van der Waals surface area contributed by atoms with Crippen molar-refractivity contribution < 1.29 is 28.6 Å². The highest BCUT2D eigenvalue weighted by Crippen LogP contribution is 2.44. The average molecular weight is 485 g/mol. The van der Waals surface area contributed by atoms with Gasteiger partial charge in [0.2, 0.25) is 5.54 Å². The number of carbonyl (C=O) groups is 2. The number of hydrogen-bond acceptors (Lipinski definition) is 7. The molecule has 0 saturated heterocycles. The topological polar surface area (TPSA) is 129 Å². The number of carboxylic acids is 1. The quantitative estimate of drug-likeness (QED) is 0.231. The maximum absolute atomic E-state index is 13.2. The first-order valence-corrected chi connectivity index (χ1v) is 11.3. The van der Waals surface area contributed by atoms with Crippen molar-refractivity contribution in [3.05, 3.63) is 99.9 Å². The van der Waals surface area contributed by atoms with Gasteiger partial charge in [0.1, 0.15) is 17.9 Å². The molecular formula is C28H23NO7. The number of carbonyl (C=O) groups excluding carboxylic acids is 1. The van der Waals surface area contributed by atoms with Crippen molar-refractivity contribution >= 4 is 22.9 Å². The fraction of sp³-hybridized carbons (Fsp3) is 0.179. The summed E-state index contributed by atoms with van der Waals surface area (Å²) >= 11 is 0. The van der Waals surface area contributed by atoms with E-state index >= 15 is 0 Å². The lowest BCUT2D eigenvalue weighted by atomic mass is 9.90. The minimum Gasteiger partial charge on any atom is -0.497 e. The van der Waals surface area contributed by atoms with Gasteiger partial charge in [0.15, 0.2) is 0 Å². The van der Waals surface area contributed by atoms with E-state index in [1.807, 2.05) is 48.5 Å². The molecule has 3 aromatic carbocycles. The largest absolute Gasteiger partial charge is 0.497 e. The zero-order valence-electron chi connectivity index (χ0n) is 19.4. The van der Waals surface area contributed by atoms with Gasteiger partial charge in [-0.2, -0.15) is 0 Å². The Balaban J connectivity index is 1.44. The van der Waals surface area contributed by atoms with Crippen LogP contribution in [0, 0.1) is 0 Å². The molecule has 1 aromatic heterocycles. The zero-order chi connectivity index (χ0) is 25.4. The number of benzene rings is 3. The van der Waals surface area contributed by atoms with Crippen LogP contribution in [0.1, 0.15) is 22.6 Å². The van der Waals surface area contributed by atoms with Crippen LogP contribution in [-0.4, -0.2) is 36.3 Å². The molecule has 8 heteroatoms. The van der Waals surface area contributed by atoms with Crippen molar-refractivity contribution in [3.8, 4) is 16.9 Å². The molecule has 0 saturated carbocycles. The van der Waals surface area contributed by atoms with Gasteiger partial charge in [0.05, 0.1) is 7.11 Å². The molecule has 1 heterocycles. The maximum Gasteiger partial charge on any atom is 0.338 e. The van der Waals surface area contributed by atoms with Crippen molar-refractivity contribution in [2.45, 2.75) is 17.9 Å². The summed E-state index contributed by atoms with van der Waals surface area (Å²) in [5.74, 6) is -2.45. The summed E-state index contributed by atoms with van der Waals surface area (Å²) in [7, 11) is 1.47. The second kappa shape index (κ2) is 8.98. The Kier molecular flexibility index (Phi) is 5.81. The van der Waals surface area contributed by atoms with E-state index in [4.69, 9.17) is 19.6 Å². The van der Waals surface area contributed by atoms with Gasteiger partial charge >= 0.3 is 17.6 Å². The number of ether oxygens (including phenoxy) is 2. The highest BCUT2D eigenvalue weighted by atomic mass is 16.5. The minimum atomic E-state index is -2.42. The van der Waals surface area contributed by atoms with E-state index in [-0.39, 0.29) is 23.7 Å². The molecule has 3 N–H and O–H groups in total. The van der Waals surface area contributed by atoms with Crippen LogP contribution in [0.3, 0.4) is 0 Å². The Morgan fingerprint density at radius 2 is 1.64 bits per heavy atom. The van der Waals surface area contributed by atoms with Gasteiger partial charge in [-0.3, -0.25) is 0 Å². The third-order valence-electron chi connectivity index (χ3n) is 6.60. The van der Waals surface area contributed by atoms with Crippen LogP contribution in [0.2, 0.25) is 0 Å². The molecule has 0 fully saturated rings. The van der Waals surface area contributed by atoms with Crippen molar-refractivity contribution in [3.63, 3.8) is 0 Å². The molecule has 8 nitrogen and oxygen atoms in total. The van der Waals surface area contributed by atoms with Crippen LogP contribution in [-0.2, 0) is 20.7 Å². The summed E-state index contributed by atoms with van der Waals surface area (Å²) in [5.41, 5.74) is 7.55. The van der Waals surface area contributed by atoms with E-state index in [1.54, 1.807) is 12.1 Å². The van der Waals surface area contributed by atoms with Gasteiger partial charge in [-0.05, 0) is 39.9 Å². The summed E-state index contributed by atoms with van der Waals surface area (Å²) in [5, 5.41) is 10.4. The summed E-state index contributed by atoms with van der Waals surface area (Å²) in [6.07, 6.45) is -0.465. The first-order valence-electron chi connectivity index (χ1n) is 11.3. The molecule has 5 rings (SSSR count). The van der Waals surface area contributed by atoms with Crippen LogP contribution in [0.15, 0.2) is 82.0 Å². The predicted molar refractivity (Wildman–Crippen MR) is 132 cm³/mol. The number of methoxy groups -OCH3 is 1. The normalized spacial score (nSPS) is 14.1. The number of aliphatic carboxylic acids is 1. The fourth-order valence-electron chi connectivity index (χ4n) is 4.75. The van der Waals surface area contributed by atoms with Crippen LogP contribution in [0.25, 0.3) is 22.1 Å². The van der Waals surface area contributed by atoms with E-state index in [2.05, 4.69) is 0 Å². The minimum absolute atomic E-state index is 0.0754. The number of esters is 1. The van der Waals surface area contributed by atoms with Crippen molar-refractivity contribution in [2.24, 2.45) is 5.73 Å². The van der Waals surface area contributed by atoms with Gasteiger partial charge in [0, 0.05) is 29.9 Å². The number of rotatable bonds is 7. The van der Waals surface area contributed by atoms with E-state index in [0.717, 1.165) is 28.3 Å². The molecule has 0 amide bonds. The Labute approximate surface area is 205 Å². The van der Waals surface area contributed by atoms with Crippen molar-refractivity contribution in [1.29, 1.82) is 0 Å². The van der Waals surface area contributed by atoms with Gasteiger partial charge in [0.25, 0.3) is 0 Å². The molecule has 182 valence electrons. The summed E-state index contributed by atoms with van der Waals surface area (Å²) in [6, 6.07) is 21.5. The van der Waals surface area contributed by atoms with Crippen molar-refractivity contribution in [2.75, 3.05) is 13.7 Å². The number of carboxylic acid groups (broad SMARTS) is 1. The molecule has 1 aliphatic rings. The van der Waals surface area contributed by atoms with E-state index < -0.39 is 29.5 Å². The monoisotopic (exact) mass is 485 g/mol. The average Bonchev–Trinajstić information content (AvgIpc) is 3.20. The Morgan fingerprint density at radius 3 is 2.25 bits per heavy atom. The first-order chi connectivity index (χ1) is 17.3. The third kappa shape index (κ3) is 3.91. The Bertz CT molecular complexity index is 1510. The first kappa shape index (κ1) is 23.3. The molecule has 1 aliphatic carbocycles. The number of fused-ring (bicyclic) bond motifs is 4. The molecule has 0 radical (unpaired) electrons. The molecular weight excluding hydrogens is 462 g/mol. The summed E-state index contributed by atoms with van der Waals surface area (Å²) < 4.78 is 15.9. The summed E-state index contributed by atoms with van der Waals surface area (Å²) in [6.45, 7) is -0.0754. The third-order valence-corrected chi connectivity index (χ3v) is 6.60. The molecule has 4 aromatic rings. The van der Waals surface area contributed by atoms with Crippen LogP contribution >= 0.6 is 0 Å². The van der Waals surface area contributed by atoms with E-state index in [1.165, 1.54) is 13.2 Å². The second-order valence-corrected chi connectivity index (χ2v) is 8.73. The predicted octanol–water partition coefficient (Wildman–Crippen LogP) is 3.48. The Hall–Kier alpha value is -4.43. The van der Waals surface area contributed by atoms with E-state index in [0.29, 0.717) is 11.1 Å². The molecule has 0 aliphatic heterocycles.